The van der Waals surface area contributed by atoms with E-state index in [-0.39, 0.29) is 0 Å². The number of amides is 1. The zero-order valence-electron chi connectivity index (χ0n) is 7.60. The van der Waals surface area contributed by atoms with Crippen molar-refractivity contribution in [2.75, 3.05) is 7.11 Å². The lowest BCUT2D eigenvalue weighted by Crippen LogP contribution is -2.13. The molecule has 0 radical (unpaired) electrons. The van der Waals surface area contributed by atoms with E-state index in [2.05, 4.69) is 4.98 Å². The summed E-state index contributed by atoms with van der Waals surface area (Å²) in [5.41, 5.74) is 6.11. The van der Waals surface area contributed by atoms with E-state index in [0.29, 0.717) is 17.1 Å². The Morgan fingerprint density at radius 2 is 2.43 bits per heavy atom. The summed E-state index contributed by atoms with van der Waals surface area (Å²) in [6.45, 7) is 0. The minimum atomic E-state index is -0.509. The van der Waals surface area contributed by atoms with Crippen LogP contribution in [0.2, 0.25) is 0 Å². The number of nitrogens with two attached hydrogens (primary N) is 1. The maximum atomic E-state index is 11.0. The van der Waals surface area contributed by atoms with E-state index >= 15 is 0 Å². The summed E-state index contributed by atoms with van der Waals surface area (Å²) in [7, 11) is 1.55. The van der Waals surface area contributed by atoms with E-state index in [4.69, 9.17) is 10.5 Å². The number of hydrogen-bond acceptors (Lipinski definition) is 3. The molecule has 5 heteroatoms. The lowest BCUT2D eigenvalue weighted by atomic mass is 10.4. The Morgan fingerprint density at radius 1 is 1.64 bits per heavy atom. The van der Waals surface area contributed by atoms with Gasteiger partial charge in [0, 0.05) is 6.20 Å². The third kappa shape index (κ3) is 1.10. The summed E-state index contributed by atoms with van der Waals surface area (Å²) in [4.78, 5) is 15.0. The fourth-order valence-electron chi connectivity index (χ4n) is 1.33. The van der Waals surface area contributed by atoms with Gasteiger partial charge in [-0.1, -0.05) is 0 Å². The van der Waals surface area contributed by atoms with Gasteiger partial charge in [-0.15, -0.1) is 0 Å². The Balaban J connectivity index is 2.75. The highest BCUT2D eigenvalue weighted by Gasteiger charge is 2.10. The standard InChI is InChI=1S/C9H9N3O2/c1-14-7-3-2-4-12-6(8(10)13)5-11-9(7)12/h2-5H,1H3,(H2,10,13). The maximum Gasteiger partial charge on any atom is 0.267 e. The number of pyridine rings is 1. The van der Waals surface area contributed by atoms with Gasteiger partial charge in [0.15, 0.2) is 11.4 Å². The van der Waals surface area contributed by atoms with Gasteiger partial charge in [-0.25, -0.2) is 4.98 Å². The van der Waals surface area contributed by atoms with Gasteiger partial charge in [-0.2, -0.15) is 0 Å². The van der Waals surface area contributed by atoms with Crippen molar-refractivity contribution in [3.8, 4) is 5.75 Å². The first-order valence-corrected chi connectivity index (χ1v) is 4.04. The van der Waals surface area contributed by atoms with Gasteiger partial charge in [0.2, 0.25) is 0 Å². The average Bonchev–Trinajstić information content (AvgIpc) is 2.60. The number of aromatic nitrogens is 2. The molecular formula is C9H9N3O2. The first-order chi connectivity index (χ1) is 6.74. The van der Waals surface area contributed by atoms with E-state index in [1.807, 2.05) is 0 Å². The molecule has 0 aliphatic heterocycles. The molecule has 0 spiro atoms. The van der Waals surface area contributed by atoms with Gasteiger partial charge < -0.3 is 10.5 Å². The van der Waals surface area contributed by atoms with Crippen LogP contribution in [0.5, 0.6) is 5.75 Å². The smallest absolute Gasteiger partial charge is 0.267 e. The Morgan fingerprint density at radius 3 is 3.07 bits per heavy atom. The number of carbonyl (C=O) groups excluding carboxylic acids is 1. The maximum absolute atomic E-state index is 11.0. The highest BCUT2D eigenvalue weighted by molar-refractivity contribution is 5.92. The number of imidazole rings is 1. The van der Waals surface area contributed by atoms with Crippen LogP contribution in [-0.2, 0) is 0 Å². The molecule has 5 nitrogen and oxygen atoms in total. The zero-order valence-corrected chi connectivity index (χ0v) is 7.60. The molecule has 0 saturated carbocycles. The van der Waals surface area contributed by atoms with Crippen LogP contribution < -0.4 is 10.5 Å². The van der Waals surface area contributed by atoms with Gasteiger partial charge in [0.25, 0.3) is 5.91 Å². The molecule has 0 aromatic carbocycles. The highest BCUT2D eigenvalue weighted by atomic mass is 16.5. The SMILES string of the molecule is COc1cccn2c(C(N)=O)cnc12. The van der Waals surface area contributed by atoms with Crippen LogP contribution in [0.1, 0.15) is 10.5 Å². The van der Waals surface area contributed by atoms with E-state index < -0.39 is 5.91 Å². The third-order valence-electron chi connectivity index (χ3n) is 1.97. The van der Waals surface area contributed by atoms with E-state index in [9.17, 15) is 4.79 Å². The molecule has 1 amide bonds. The molecule has 0 fully saturated rings. The lowest BCUT2D eigenvalue weighted by Gasteiger charge is -2.01. The number of hydrogen-bond donors (Lipinski definition) is 1. The van der Waals surface area contributed by atoms with Crippen molar-refractivity contribution in [1.29, 1.82) is 0 Å². The molecule has 0 saturated heterocycles. The second kappa shape index (κ2) is 3.02. The Kier molecular flexibility index (Phi) is 1.85. The van der Waals surface area contributed by atoms with Crippen molar-refractivity contribution in [1.82, 2.24) is 9.38 Å². The molecule has 2 N–H and O–H groups in total. The molecule has 2 aromatic heterocycles. The van der Waals surface area contributed by atoms with Gasteiger partial charge in [0.05, 0.1) is 13.3 Å². The molecule has 0 bridgehead atoms. The minimum Gasteiger partial charge on any atom is -0.493 e. The van der Waals surface area contributed by atoms with Crippen molar-refractivity contribution in [3.05, 3.63) is 30.2 Å². The number of rotatable bonds is 2. The predicted molar refractivity (Wildman–Crippen MR) is 50.3 cm³/mol. The Hall–Kier alpha value is -2.04. The number of ether oxygens (including phenoxy) is 1. The van der Waals surface area contributed by atoms with Crippen LogP contribution in [0.4, 0.5) is 0 Å². The Bertz CT molecular complexity index is 490. The van der Waals surface area contributed by atoms with Crippen LogP contribution in [0.25, 0.3) is 5.65 Å². The molecule has 0 atom stereocenters. The van der Waals surface area contributed by atoms with Gasteiger partial charge in [-0.05, 0) is 12.1 Å². The summed E-state index contributed by atoms with van der Waals surface area (Å²) in [6.07, 6.45) is 3.14. The molecule has 2 rings (SSSR count). The van der Waals surface area contributed by atoms with Crippen LogP contribution >= 0.6 is 0 Å². The van der Waals surface area contributed by atoms with Crippen LogP contribution in [0.15, 0.2) is 24.5 Å². The summed E-state index contributed by atoms with van der Waals surface area (Å²) >= 11 is 0. The normalized spacial score (nSPS) is 10.4. The van der Waals surface area contributed by atoms with Gasteiger partial charge in [-0.3, -0.25) is 9.20 Å². The fraction of sp³-hybridized carbons (Fsp3) is 0.111. The largest absolute Gasteiger partial charge is 0.493 e. The van der Waals surface area contributed by atoms with Crippen molar-refractivity contribution in [2.45, 2.75) is 0 Å². The number of carbonyl (C=O) groups is 1. The van der Waals surface area contributed by atoms with Gasteiger partial charge >= 0.3 is 0 Å². The zero-order chi connectivity index (χ0) is 10.1. The molecule has 0 aliphatic carbocycles. The predicted octanol–water partition coefficient (Wildman–Crippen LogP) is 0.442. The molecule has 0 unspecified atom stereocenters. The number of nitrogens with zero attached hydrogens (tertiary/aromatic N) is 2. The quantitative estimate of drug-likeness (QED) is 0.748. The van der Waals surface area contributed by atoms with Crippen molar-refractivity contribution >= 4 is 11.6 Å². The van der Waals surface area contributed by atoms with Crippen LogP contribution in [0.3, 0.4) is 0 Å². The first kappa shape index (κ1) is 8.55. The second-order valence-corrected chi connectivity index (χ2v) is 2.78. The average molecular weight is 191 g/mol. The van der Waals surface area contributed by atoms with Crippen molar-refractivity contribution in [3.63, 3.8) is 0 Å². The van der Waals surface area contributed by atoms with E-state index in [0.717, 1.165) is 0 Å². The minimum absolute atomic E-state index is 0.346. The van der Waals surface area contributed by atoms with Crippen LogP contribution in [-0.4, -0.2) is 22.4 Å². The first-order valence-electron chi connectivity index (χ1n) is 4.04. The molecule has 14 heavy (non-hydrogen) atoms. The molecule has 2 heterocycles. The Labute approximate surface area is 80.1 Å². The number of fused-ring (bicyclic) bond motifs is 1. The van der Waals surface area contributed by atoms with Crippen molar-refractivity contribution < 1.29 is 9.53 Å². The fourth-order valence-corrected chi connectivity index (χ4v) is 1.33. The number of primary amides is 1. The third-order valence-corrected chi connectivity index (χ3v) is 1.97. The van der Waals surface area contributed by atoms with Crippen LogP contribution in [0, 0.1) is 0 Å². The second-order valence-electron chi connectivity index (χ2n) is 2.78. The monoisotopic (exact) mass is 191 g/mol. The highest BCUT2D eigenvalue weighted by Crippen LogP contribution is 2.18. The number of methoxy groups -OCH3 is 1. The lowest BCUT2D eigenvalue weighted by molar-refractivity contribution is 0.0995. The molecule has 72 valence electrons. The summed E-state index contributed by atoms with van der Waals surface area (Å²) in [5, 5.41) is 0. The summed E-state index contributed by atoms with van der Waals surface area (Å²) in [5.74, 6) is 0.103. The summed E-state index contributed by atoms with van der Waals surface area (Å²) in [6, 6.07) is 3.53. The van der Waals surface area contributed by atoms with Gasteiger partial charge in [0.1, 0.15) is 5.69 Å². The van der Waals surface area contributed by atoms with E-state index in [1.54, 1.807) is 29.8 Å². The molecule has 0 aliphatic rings. The topological polar surface area (TPSA) is 69.6 Å². The molecular weight excluding hydrogens is 182 g/mol. The summed E-state index contributed by atoms with van der Waals surface area (Å²) < 4.78 is 6.68. The van der Waals surface area contributed by atoms with E-state index in [1.165, 1.54) is 6.20 Å². The van der Waals surface area contributed by atoms with Crippen molar-refractivity contribution in [2.24, 2.45) is 5.73 Å². The molecule has 2 aromatic rings.